The molecule has 2 aromatic rings. The van der Waals surface area contributed by atoms with E-state index in [2.05, 4.69) is 5.32 Å². The second-order valence-corrected chi connectivity index (χ2v) is 5.73. The van der Waals surface area contributed by atoms with Gasteiger partial charge in [0.05, 0.1) is 12.0 Å². The van der Waals surface area contributed by atoms with Crippen LogP contribution in [0.4, 0.5) is 5.69 Å². The van der Waals surface area contributed by atoms with Crippen LogP contribution in [-0.4, -0.2) is 23.8 Å². The van der Waals surface area contributed by atoms with Gasteiger partial charge in [0.25, 0.3) is 5.91 Å². The summed E-state index contributed by atoms with van der Waals surface area (Å²) in [6.45, 7) is 4.68. The van der Waals surface area contributed by atoms with Crippen molar-refractivity contribution in [3.8, 4) is 0 Å². The predicted molar refractivity (Wildman–Crippen MR) is 92.4 cm³/mol. The van der Waals surface area contributed by atoms with Crippen molar-refractivity contribution in [3.05, 3.63) is 53.5 Å². The summed E-state index contributed by atoms with van der Waals surface area (Å²) in [6.07, 6.45) is -0.536. The maximum absolute atomic E-state index is 12.0. The molecular weight excluding hydrogens is 322 g/mol. The van der Waals surface area contributed by atoms with Crippen LogP contribution >= 0.6 is 0 Å². The van der Waals surface area contributed by atoms with Gasteiger partial charge in [-0.05, 0) is 39.0 Å². The molecule has 0 aliphatic heterocycles. The van der Waals surface area contributed by atoms with Crippen molar-refractivity contribution in [3.63, 3.8) is 0 Å². The number of carbonyl (C=O) groups excluding carboxylic acids is 3. The van der Waals surface area contributed by atoms with Crippen molar-refractivity contribution >= 4 is 23.3 Å². The first-order valence-corrected chi connectivity index (χ1v) is 8.02. The highest BCUT2D eigenvalue weighted by Crippen LogP contribution is 2.17. The lowest BCUT2D eigenvalue weighted by molar-refractivity contribution is -0.153. The van der Waals surface area contributed by atoms with Crippen LogP contribution in [-0.2, 0) is 20.7 Å². The lowest BCUT2D eigenvalue weighted by atomic mass is 10.1. The molecule has 6 heteroatoms. The van der Waals surface area contributed by atoms with Gasteiger partial charge in [-0.2, -0.15) is 0 Å². The smallest absolute Gasteiger partial charge is 0.307 e. The third-order valence-corrected chi connectivity index (χ3v) is 3.64. The van der Waals surface area contributed by atoms with Crippen LogP contribution in [0.2, 0.25) is 0 Å². The largest absolute Gasteiger partial charge is 0.466 e. The minimum Gasteiger partial charge on any atom is -0.466 e. The average Bonchev–Trinajstić information content (AvgIpc) is 2.95. The number of esters is 1. The van der Waals surface area contributed by atoms with Crippen LogP contribution in [0.15, 0.2) is 40.8 Å². The van der Waals surface area contributed by atoms with Crippen LogP contribution in [0, 0.1) is 6.92 Å². The summed E-state index contributed by atoms with van der Waals surface area (Å²) in [5, 5.41) is 2.67. The fourth-order valence-electron chi connectivity index (χ4n) is 2.32. The Balaban J connectivity index is 1.82. The zero-order valence-electron chi connectivity index (χ0n) is 14.5. The number of furan rings is 1. The standard InChI is InChI=1S/C19H21NO5/c1-12(21)17-11-16(24-13(17)2)9-10-18(22)25-14(3)19(23)20-15-7-5-4-6-8-15/h4-8,11,14H,9-10H2,1-3H3,(H,20,23)/t14-/m1/s1. The summed E-state index contributed by atoms with van der Waals surface area (Å²) < 4.78 is 10.6. The highest BCUT2D eigenvalue weighted by Gasteiger charge is 2.19. The van der Waals surface area contributed by atoms with Gasteiger partial charge < -0.3 is 14.5 Å². The number of para-hydroxylation sites is 1. The van der Waals surface area contributed by atoms with Crippen LogP contribution < -0.4 is 5.32 Å². The Labute approximate surface area is 146 Å². The molecule has 0 aliphatic rings. The van der Waals surface area contributed by atoms with Crippen LogP contribution in [0.3, 0.4) is 0 Å². The number of ether oxygens (including phenoxy) is 1. The van der Waals surface area contributed by atoms with Crippen LogP contribution in [0.5, 0.6) is 0 Å². The maximum atomic E-state index is 12.0. The molecule has 2 rings (SSSR count). The number of amides is 1. The van der Waals surface area contributed by atoms with E-state index in [4.69, 9.17) is 9.15 Å². The number of Topliss-reactive ketones (excluding diaryl/α,β-unsaturated/α-hetero) is 1. The van der Waals surface area contributed by atoms with E-state index in [-0.39, 0.29) is 12.2 Å². The highest BCUT2D eigenvalue weighted by molar-refractivity contribution is 5.95. The second kappa shape index (κ2) is 8.28. The third-order valence-electron chi connectivity index (χ3n) is 3.64. The van der Waals surface area contributed by atoms with Gasteiger partial charge in [-0.3, -0.25) is 14.4 Å². The summed E-state index contributed by atoms with van der Waals surface area (Å²) in [7, 11) is 0. The Morgan fingerprint density at radius 1 is 1.20 bits per heavy atom. The summed E-state index contributed by atoms with van der Waals surface area (Å²) in [6, 6.07) is 10.6. The molecule has 1 N–H and O–H groups in total. The summed E-state index contributed by atoms with van der Waals surface area (Å²) >= 11 is 0. The number of nitrogens with one attached hydrogen (secondary N) is 1. The first-order chi connectivity index (χ1) is 11.9. The Hall–Kier alpha value is -2.89. The van der Waals surface area contributed by atoms with Crippen molar-refractivity contribution in [2.75, 3.05) is 5.32 Å². The monoisotopic (exact) mass is 343 g/mol. The van der Waals surface area contributed by atoms with Gasteiger partial charge in [0.1, 0.15) is 11.5 Å². The molecule has 0 aliphatic carbocycles. The Morgan fingerprint density at radius 2 is 1.88 bits per heavy atom. The summed E-state index contributed by atoms with van der Waals surface area (Å²) in [4.78, 5) is 35.3. The maximum Gasteiger partial charge on any atom is 0.307 e. The van der Waals surface area contributed by atoms with Crippen LogP contribution in [0.1, 0.15) is 42.1 Å². The molecule has 0 saturated heterocycles. The van der Waals surface area contributed by atoms with Gasteiger partial charge in [-0.1, -0.05) is 18.2 Å². The Morgan fingerprint density at radius 3 is 2.48 bits per heavy atom. The summed E-state index contributed by atoms with van der Waals surface area (Å²) in [5.41, 5.74) is 1.15. The fourth-order valence-corrected chi connectivity index (χ4v) is 2.32. The number of rotatable bonds is 7. The zero-order valence-corrected chi connectivity index (χ0v) is 14.5. The quantitative estimate of drug-likeness (QED) is 0.616. The molecule has 0 saturated carbocycles. The fraction of sp³-hybridized carbons (Fsp3) is 0.316. The molecule has 1 atom stereocenters. The number of ketones is 1. The molecule has 0 radical (unpaired) electrons. The minimum atomic E-state index is -0.904. The number of carbonyl (C=O) groups is 3. The highest BCUT2D eigenvalue weighted by atomic mass is 16.5. The van der Waals surface area contributed by atoms with Crippen molar-refractivity contribution in [2.45, 2.75) is 39.7 Å². The number of anilines is 1. The van der Waals surface area contributed by atoms with E-state index in [0.717, 1.165) is 0 Å². The van der Waals surface area contributed by atoms with Gasteiger partial charge >= 0.3 is 5.97 Å². The minimum absolute atomic E-state index is 0.0628. The molecule has 1 amide bonds. The van der Waals surface area contributed by atoms with Crippen molar-refractivity contribution < 1.29 is 23.5 Å². The normalized spacial score (nSPS) is 11.6. The van der Waals surface area contributed by atoms with Gasteiger partial charge in [0.15, 0.2) is 11.9 Å². The number of benzene rings is 1. The SMILES string of the molecule is CC(=O)c1cc(CCC(=O)O[C@H](C)C(=O)Nc2ccccc2)oc1C. The molecule has 25 heavy (non-hydrogen) atoms. The summed E-state index contributed by atoms with van der Waals surface area (Å²) in [5.74, 6) is 0.0928. The molecule has 0 spiro atoms. The lowest BCUT2D eigenvalue weighted by Gasteiger charge is -2.13. The van der Waals surface area contributed by atoms with Gasteiger partial charge in [-0.15, -0.1) is 0 Å². The third kappa shape index (κ3) is 5.31. The molecule has 1 aromatic heterocycles. The lowest BCUT2D eigenvalue weighted by Crippen LogP contribution is -2.30. The first-order valence-electron chi connectivity index (χ1n) is 8.02. The van der Waals surface area contributed by atoms with E-state index in [9.17, 15) is 14.4 Å². The van der Waals surface area contributed by atoms with Gasteiger partial charge in [-0.25, -0.2) is 0 Å². The van der Waals surface area contributed by atoms with E-state index in [1.807, 2.05) is 6.07 Å². The average molecular weight is 343 g/mol. The van der Waals surface area contributed by atoms with E-state index in [1.165, 1.54) is 13.8 Å². The van der Waals surface area contributed by atoms with E-state index in [1.54, 1.807) is 37.3 Å². The molecular formula is C19H21NO5. The first kappa shape index (κ1) is 18.4. The molecule has 0 unspecified atom stereocenters. The molecule has 0 fully saturated rings. The van der Waals surface area contributed by atoms with Gasteiger partial charge in [0, 0.05) is 12.1 Å². The van der Waals surface area contributed by atoms with Gasteiger partial charge in [0.2, 0.25) is 0 Å². The predicted octanol–water partition coefficient (Wildman–Crippen LogP) is 3.29. The Kier molecular flexibility index (Phi) is 6.11. The Bertz CT molecular complexity index is 763. The number of aryl methyl sites for hydroxylation is 2. The molecule has 1 heterocycles. The molecule has 6 nitrogen and oxygen atoms in total. The van der Waals surface area contributed by atoms with E-state index in [0.29, 0.717) is 29.2 Å². The molecule has 132 valence electrons. The number of hydrogen-bond acceptors (Lipinski definition) is 5. The molecule has 0 bridgehead atoms. The van der Waals surface area contributed by atoms with E-state index < -0.39 is 18.0 Å². The second-order valence-electron chi connectivity index (χ2n) is 5.73. The van der Waals surface area contributed by atoms with E-state index >= 15 is 0 Å². The number of hydrogen-bond donors (Lipinski definition) is 1. The van der Waals surface area contributed by atoms with Crippen molar-refractivity contribution in [1.29, 1.82) is 0 Å². The van der Waals surface area contributed by atoms with Crippen molar-refractivity contribution in [1.82, 2.24) is 0 Å². The van der Waals surface area contributed by atoms with Crippen molar-refractivity contribution in [2.24, 2.45) is 0 Å². The zero-order chi connectivity index (χ0) is 18.4. The van der Waals surface area contributed by atoms with Crippen LogP contribution in [0.25, 0.3) is 0 Å². The molecule has 1 aromatic carbocycles. The topological polar surface area (TPSA) is 85.6 Å².